The van der Waals surface area contributed by atoms with Crippen LogP contribution >= 0.6 is 0 Å². The van der Waals surface area contributed by atoms with Crippen molar-refractivity contribution in [3.05, 3.63) is 29.3 Å². The minimum Gasteiger partial charge on any atom is -0.496 e. The van der Waals surface area contributed by atoms with Gasteiger partial charge in [-0.05, 0) is 37.4 Å². The third-order valence-electron chi connectivity index (χ3n) is 3.37. The number of methoxy groups -OCH3 is 2. The molecule has 1 atom stereocenters. The molecular formula is C14H21NO2. The summed E-state index contributed by atoms with van der Waals surface area (Å²) in [6.07, 6.45) is 3.26. The van der Waals surface area contributed by atoms with Gasteiger partial charge >= 0.3 is 0 Å². The number of benzene rings is 1. The van der Waals surface area contributed by atoms with Gasteiger partial charge in [0.05, 0.1) is 7.11 Å². The molecule has 1 heterocycles. The van der Waals surface area contributed by atoms with E-state index in [0.29, 0.717) is 6.04 Å². The summed E-state index contributed by atoms with van der Waals surface area (Å²) in [5, 5.41) is 3.57. The Morgan fingerprint density at radius 1 is 1.35 bits per heavy atom. The quantitative estimate of drug-likeness (QED) is 0.794. The lowest BCUT2D eigenvalue weighted by atomic mass is 9.91. The van der Waals surface area contributed by atoms with Crippen LogP contribution in [0.25, 0.3) is 0 Å². The van der Waals surface area contributed by atoms with E-state index in [0.717, 1.165) is 38.2 Å². The first kappa shape index (κ1) is 12.4. The van der Waals surface area contributed by atoms with Crippen molar-refractivity contribution in [2.75, 3.05) is 27.4 Å². The van der Waals surface area contributed by atoms with Crippen molar-refractivity contribution in [3.8, 4) is 5.75 Å². The molecule has 1 aromatic rings. The molecule has 2 rings (SSSR count). The summed E-state index contributed by atoms with van der Waals surface area (Å²) in [5.74, 6) is 1.03. The molecular weight excluding hydrogens is 214 g/mol. The zero-order valence-corrected chi connectivity index (χ0v) is 10.7. The molecule has 0 bridgehead atoms. The van der Waals surface area contributed by atoms with Crippen molar-refractivity contribution >= 4 is 0 Å². The molecule has 1 aromatic carbocycles. The van der Waals surface area contributed by atoms with Crippen molar-refractivity contribution in [2.45, 2.75) is 25.3 Å². The summed E-state index contributed by atoms with van der Waals surface area (Å²) in [4.78, 5) is 0. The summed E-state index contributed by atoms with van der Waals surface area (Å²) in [5.41, 5.74) is 2.77. The molecule has 0 aromatic heterocycles. The predicted octanol–water partition coefficient (Wildman–Crippen LogP) is 2.31. The summed E-state index contributed by atoms with van der Waals surface area (Å²) >= 11 is 0. The molecule has 0 amide bonds. The van der Waals surface area contributed by atoms with E-state index in [1.54, 1.807) is 14.2 Å². The minimum absolute atomic E-state index is 0.448. The third-order valence-corrected chi connectivity index (χ3v) is 3.37. The first-order chi connectivity index (χ1) is 8.36. The van der Waals surface area contributed by atoms with Crippen molar-refractivity contribution < 1.29 is 9.47 Å². The van der Waals surface area contributed by atoms with Crippen LogP contribution in [0.2, 0.25) is 0 Å². The molecule has 94 valence electrons. The Kier molecular flexibility index (Phi) is 4.40. The highest BCUT2D eigenvalue weighted by Gasteiger charge is 2.21. The minimum atomic E-state index is 0.448. The number of nitrogens with one attached hydrogen (secondary N) is 1. The van der Waals surface area contributed by atoms with Gasteiger partial charge in [0.15, 0.2) is 0 Å². The lowest BCUT2D eigenvalue weighted by Gasteiger charge is -2.28. The second-order valence-corrected chi connectivity index (χ2v) is 4.42. The van der Waals surface area contributed by atoms with Crippen molar-refractivity contribution in [1.82, 2.24) is 5.32 Å². The summed E-state index contributed by atoms with van der Waals surface area (Å²) in [6.45, 7) is 1.86. The van der Waals surface area contributed by atoms with Crippen LogP contribution in [0.15, 0.2) is 18.2 Å². The highest BCUT2D eigenvalue weighted by molar-refractivity contribution is 5.43. The molecule has 17 heavy (non-hydrogen) atoms. The van der Waals surface area contributed by atoms with Crippen LogP contribution in [-0.2, 0) is 11.2 Å². The fourth-order valence-corrected chi connectivity index (χ4v) is 2.54. The highest BCUT2D eigenvalue weighted by atomic mass is 16.5. The molecule has 0 spiro atoms. The molecule has 1 aliphatic heterocycles. The van der Waals surface area contributed by atoms with Gasteiger partial charge < -0.3 is 14.8 Å². The van der Waals surface area contributed by atoms with Gasteiger partial charge in [-0.25, -0.2) is 0 Å². The monoisotopic (exact) mass is 235 g/mol. The normalized spacial score (nSPS) is 18.8. The Morgan fingerprint density at radius 3 is 3.00 bits per heavy atom. The van der Waals surface area contributed by atoms with Crippen LogP contribution < -0.4 is 10.1 Å². The molecule has 1 unspecified atom stereocenters. The number of hydrogen-bond acceptors (Lipinski definition) is 3. The van der Waals surface area contributed by atoms with Gasteiger partial charge in [0.1, 0.15) is 5.75 Å². The topological polar surface area (TPSA) is 30.5 Å². The van der Waals surface area contributed by atoms with Crippen LogP contribution in [-0.4, -0.2) is 27.4 Å². The second-order valence-electron chi connectivity index (χ2n) is 4.42. The Morgan fingerprint density at radius 2 is 2.24 bits per heavy atom. The van der Waals surface area contributed by atoms with E-state index in [1.807, 2.05) is 0 Å². The van der Waals surface area contributed by atoms with Gasteiger partial charge in [0.25, 0.3) is 0 Å². The smallest absolute Gasteiger partial charge is 0.122 e. The van der Waals surface area contributed by atoms with Crippen LogP contribution in [0, 0.1) is 0 Å². The maximum absolute atomic E-state index is 5.43. The van der Waals surface area contributed by atoms with Gasteiger partial charge in [-0.3, -0.25) is 0 Å². The largest absolute Gasteiger partial charge is 0.496 e. The number of rotatable bonds is 5. The fourth-order valence-electron chi connectivity index (χ4n) is 2.54. The van der Waals surface area contributed by atoms with E-state index >= 15 is 0 Å². The fraction of sp³-hybridized carbons (Fsp3) is 0.571. The number of ether oxygens (including phenoxy) is 2. The SMILES string of the molecule is COCCCC1NCCc2c(OC)cccc21. The third kappa shape index (κ3) is 2.79. The summed E-state index contributed by atoms with van der Waals surface area (Å²) in [7, 11) is 3.50. The first-order valence-corrected chi connectivity index (χ1v) is 6.25. The molecule has 1 aliphatic rings. The van der Waals surface area contributed by atoms with E-state index < -0.39 is 0 Å². The Hall–Kier alpha value is -1.06. The van der Waals surface area contributed by atoms with Gasteiger partial charge in [0, 0.05) is 25.3 Å². The summed E-state index contributed by atoms with van der Waals surface area (Å²) in [6, 6.07) is 6.79. The van der Waals surface area contributed by atoms with Crippen LogP contribution in [0.5, 0.6) is 5.75 Å². The molecule has 0 aliphatic carbocycles. The van der Waals surface area contributed by atoms with Gasteiger partial charge in [-0.2, -0.15) is 0 Å². The van der Waals surface area contributed by atoms with Gasteiger partial charge in [-0.1, -0.05) is 12.1 Å². The molecule has 0 saturated heterocycles. The molecule has 0 fully saturated rings. The van der Waals surface area contributed by atoms with E-state index in [4.69, 9.17) is 9.47 Å². The van der Waals surface area contributed by atoms with Crippen LogP contribution in [0.4, 0.5) is 0 Å². The van der Waals surface area contributed by atoms with Crippen molar-refractivity contribution in [3.63, 3.8) is 0 Å². The van der Waals surface area contributed by atoms with E-state index in [9.17, 15) is 0 Å². The molecule has 0 radical (unpaired) electrons. The van der Waals surface area contributed by atoms with Crippen LogP contribution in [0.3, 0.4) is 0 Å². The van der Waals surface area contributed by atoms with Crippen molar-refractivity contribution in [2.24, 2.45) is 0 Å². The molecule has 1 N–H and O–H groups in total. The van der Waals surface area contributed by atoms with Crippen molar-refractivity contribution in [1.29, 1.82) is 0 Å². The van der Waals surface area contributed by atoms with Gasteiger partial charge in [-0.15, -0.1) is 0 Å². The first-order valence-electron chi connectivity index (χ1n) is 6.25. The van der Waals surface area contributed by atoms with E-state index in [2.05, 4.69) is 23.5 Å². The molecule has 0 saturated carbocycles. The highest BCUT2D eigenvalue weighted by Crippen LogP contribution is 2.32. The van der Waals surface area contributed by atoms with E-state index in [1.165, 1.54) is 11.1 Å². The second kappa shape index (κ2) is 6.03. The Balaban J connectivity index is 2.13. The maximum atomic E-state index is 5.43. The standard InChI is InChI=1S/C14H21NO2/c1-16-10-4-6-13-11-5-3-7-14(17-2)12(11)8-9-15-13/h3,5,7,13,15H,4,6,8-10H2,1-2H3. The number of hydrogen-bond donors (Lipinski definition) is 1. The lowest BCUT2D eigenvalue weighted by Crippen LogP contribution is -2.30. The Labute approximate surface area is 103 Å². The molecule has 3 heteroatoms. The number of fused-ring (bicyclic) bond motifs is 1. The average molecular weight is 235 g/mol. The van der Waals surface area contributed by atoms with Gasteiger partial charge in [0.2, 0.25) is 0 Å². The molecule has 3 nitrogen and oxygen atoms in total. The van der Waals surface area contributed by atoms with Crippen LogP contribution in [0.1, 0.15) is 30.0 Å². The predicted molar refractivity (Wildman–Crippen MR) is 68.6 cm³/mol. The zero-order chi connectivity index (χ0) is 12.1. The summed E-state index contributed by atoms with van der Waals surface area (Å²) < 4.78 is 10.5. The lowest BCUT2D eigenvalue weighted by molar-refractivity contribution is 0.188. The Bertz CT molecular complexity index is 365. The average Bonchev–Trinajstić information content (AvgIpc) is 2.38. The maximum Gasteiger partial charge on any atom is 0.122 e. The van der Waals surface area contributed by atoms with E-state index in [-0.39, 0.29) is 0 Å². The zero-order valence-electron chi connectivity index (χ0n) is 10.7.